The van der Waals surface area contributed by atoms with Crippen molar-refractivity contribution in [3.63, 3.8) is 0 Å². The summed E-state index contributed by atoms with van der Waals surface area (Å²) in [4.78, 5) is 26.4. The normalized spacial score (nSPS) is 17.7. The van der Waals surface area contributed by atoms with E-state index in [0.29, 0.717) is 24.2 Å². The fraction of sp³-hybridized carbons (Fsp3) is 0.300. The summed E-state index contributed by atoms with van der Waals surface area (Å²) < 4.78 is 45.0. The Morgan fingerprint density at radius 2 is 1.87 bits per heavy atom. The number of fused-ring (bicyclic) bond motifs is 1. The molecule has 2 N–H and O–H groups in total. The standard InChI is InChI=1S/C20H17ClF3N3O3/c21-15-6-5-12(11-14(15)20(22,23)24)25-18(29)27-9-7-19(8-10-27)26-17(28)13-3-1-2-4-16(13)30-19/h1-6,11H,7-10H2,(H,25,29)(H,26,28). The Morgan fingerprint density at radius 1 is 1.17 bits per heavy atom. The molecule has 0 aromatic heterocycles. The van der Waals surface area contributed by atoms with Gasteiger partial charge in [0, 0.05) is 31.6 Å². The molecule has 3 amide bonds. The number of hydrogen-bond donors (Lipinski definition) is 2. The molecule has 4 rings (SSSR count). The van der Waals surface area contributed by atoms with Crippen LogP contribution in [0.1, 0.15) is 28.8 Å². The minimum absolute atomic E-state index is 0.00633. The number of ether oxygens (including phenoxy) is 1. The van der Waals surface area contributed by atoms with Gasteiger partial charge in [-0.2, -0.15) is 13.2 Å². The molecular weight excluding hydrogens is 423 g/mol. The van der Waals surface area contributed by atoms with Crippen LogP contribution in [0.25, 0.3) is 0 Å². The van der Waals surface area contributed by atoms with Crippen LogP contribution in [0.5, 0.6) is 5.75 Å². The van der Waals surface area contributed by atoms with E-state index in [0.717, 1.165) is 12.1 Å². The predicted octanol–water partition coefficient (Wildman–Crippen LogP) is 4.51. The maximum Gasteiger partial charge on any atom is 0.417 e. The number of anilines is 1. The van der Waals surface area contributed by atoms with Crippen LogP contribution in [0.3, 0.4) is 0 Å². The lowest BCUT2D eigenvalue weighted by atomic mass is 9.97. The number of nitrogens with one attached hydrogen (secondary N) is 2. The molecule has 0 saturated carbocycles. The van der Waals surface area contributed by atoms with E-state index in [2.05, 4.69) is 10.6 Å². The van der Waals surface area contributed by atoms with Gasteiger partial charge in [-0.3, -0.25) is 4.79 Å². The number of urea groups is 1. The molecule has 2 aromatic carbocycles. The van der Waals surface area contributed by atoms with Gasteiger partial charge in [-0.25, -0.2) is 4.79 Å². The van der Waals surface area contributed by atoms with E-state index in [9.17, 15) is 22.8 Å². The summed E-state index contributed by atoms with van der Waals surface area (Å²) in [6, 6.07) is 9.56. The molecule has 2 aromatic rings. The molecule has 0 aliphatic carbocycles. The van der Waals surface area contributed by atoms with E-state index in [1.54, 1.807) is 24.3 Å². The van der Waals surface area contributed by atoms with Gasteiger partial charge in [-0.05, 0) is 30.3 Å². The Hall–Kier alpha value is -2.94. The van der Waals surface area contributed by atoms with Crippen molar-refractivity contribution < 1.29 is 27.5 Å². The largest absolute Gasteiger partial charge is 0.467 e. The summed E-state index contributed by atoms with van der Waals surface area (Å²) in [5.41, 5.74) is -1.48. The Labute approximate surface area is 174 Å². The molecule has 0 unspecified atom stereocenters. The first-order chi connectivity index (χ1) is 14.2. The van der Waals surface area contributed by atoms with Gasteiger partial charge in [0.15, 0.2) is 5.72 Å². The van der Waals surface area contributed by atoms with Crippen molar-refractivity contribution in [3.05, 3.63) is 58.6 Å². The topological polar surface area (TPSA) is 70.7 Å². The number of amides is 3. The highest BCUT2D eigenvalue weighted by Crippen LogP contribution is 2.37. The summed E-state index contributed by atoms with van der Waals surface area (Å²) in [6.07, 6.45) is -3.94. The summed E-state index contributed by atoms with van der Waals surface area (Å²) in [6.45, 7) is 0.516. The van der Waals surface area contributed by atoms with Crippen LogP contribution < -0.4 is 15.4 Å². The van der Waals surface area contributed by atoms with Gasteiger partial charge < -0.3 is 20.3 Å². The maximum atomic E-state index is 13.0. The first-order valence-corrected chi connectivity index (χ1v) is 9.58. The zero-order valence-corrected chi connectivity index (χ0v) is 16.3. The number of para-hydroxylation sites is 1. The van der Waals surface area contributed by atoms with Gasteiger partial charge >= 0.3 is 12.2 Å². The number of halogens is 4. The van der Waals surface area contributed by atoms with Crippen molar-refractivity contribution in [1.29, 1.82) is 0 Å². The quantitative estimate of drug-likeness (QED) is 0.687. The Balaban J connectivity index is 1.42. The summed E-state index contributed by atoms with van der Waals surface area (Å²) >= 11 is 5.60. The van der Waals surface area contributed by atoms with Crippen LogP contribution in [-0.2, 0) is 6.18 Å². The number of benzene rings is 2. The zero-order chi connectivity index (χ0) is 21.5. The number of nitrogens with zero attached hydrogens (tertiary/aromatic N) is 1. The third-order valence-electron chi connectivity index (χ3n) is 5.16. The van der Waals surface area contributed by atoms with Crippen LogP contribution in [0.4, 0.5) is 23.7 Å². The molecule has 0 bridgehead atoms. The van der Waals surface area contributed by atoms with E-state index in [1.165, 1.54) is 11.0 Å². The van der Waals surface area contributed by atoms with Crippen LogP contribution in [0.2, 0.25) is 5.02 Å². The third kappa shape index (κ3) is 3.89. The monoisotopic (exact) mass is 439 g/mol. The average molecular weight is 440 g/mol. The van der Waals surface area contributed by atoms with Crippen LogP contribution in [-0.4, -0.2) is 35.7 Å². The Morgan fingerprint density at radius 3 is 2.57 bits per heavy atom. The second kappa shape index (κ2) is 7.39. The fourth-order valence-electron chi connectivity index (χ4n) is 3.57. The number of rotatable bonds is 1. The fourth-order valence-corrected chi connectivity index (χ4v) is 3.80. The van der Waals surface area contributed by atoms with Gasteiger partial charge in [0.1, 0.15) is 5.75 Å². The third-order valence-corrected chi connectivity index (χ3v) is 5.49. The number of carbonyl (C=O) groups excluding carboxylic acids is 2. The summed E-state index contributed by atoms with van der Waals surface area (Å²) in [5, 5.41) is 4.90. The second-order valence-corrected chi connectivity index (χ2v) is 7.56. The summed E-state index contributed by atoms with van der Waals surface area (Å²) in [7, 11) is 0. The van der Waals surface area contributed by atoms with Crippen molar-refractivity contribution in [3.8, 4) is 5.75 Å². The molecule has 158 valence electrons. The predicted molar refractivity (Wildman–Crippen MR) is 104 cm³/mol. The highest BCUT2D eigenvalue weighted by molar-refractivity contribution is 6.31. The molecule has 0 radical (unpaired) electrons. The second-order valence-electron chi connectivity index (χ2n) is 7.16. The number of alkyl halides is 3. The lowest BCUT2D eigenvalue weighted by Crippen LogP contribution is -2.61. The van der Waals surface area contributed by atoms with Crippen molar-refractivity contribution >= 4 is 29.2 Å². The highest BCUT2D eigenvalue weighted by atomic mass is 35.5. The first kappa shape index (κ1) is 20.3. The number of carbonyl (C=O) groups is 2. The molecule has 2 aliphatic rings. The lowest BCUT2D eigenvalue weighted by Gasteiger charge is -2.44. The van der Waals surface area contributed by atoms with Gasteiger partial charge in [-0.1, -0.05) is 23.7 Å². The molecule has 30 heavy (non-hydrogen) atoms. The van der Waals surface area contributed by atoms with E-state index in [-0.39, 0.29) is 24.7 Å². The SMILES string of the molecule is O=C1NC2(CCN(C(=O)Nc3ccc(Cl)c(C(F)(F)F)c3)CC2)Oc2ccccc21. The molecule has 1 fully saturated rings. The van der Waals surface area contributed by atoms with Crippen LogP contribution in [0, 0.1) is 0 Å². The number of likely N-dealkylation sites (tertiary alicyclic amines) is 1. The van der Waals surface area contributed by atoms with E-state index < -0.39 is 28.5 Å². The Bertz CT molecular complexity index is 1000. The molecular formula is C20H17ClF3N3O3. The number of hydrogen-bond acceptors (Lipinski definition) is 3. The molecule has 2 heterocycles. The smallest absolute Gasteiger partial charge is 0.417 e. The van der Waals surface area contributed by atoms with Gasteiger partial charge in [0.05, 0.1) is 16.1 Å². The minimum Gasteiger partial charge on any atom is -0.467 e. The van der Waals surface area contributed by atoms with E-state index >= 15 is 0 Å². The Kier molecular flexibility index (Phi) is 5.01. The molecule has 2 aliphatic heterocycles. The van der Waals surface area contributed by atoms with E-state index in [1.807, 2.05) is 0 Å². The van der Waals surface area contributed by atoms with Crippen molar-refractivity contribution in [2.45, 2.75) is 24.7 Å². The lowest BCUT2D eigenvalue weighted by molar-refractivity contribution is -0.137. The number of piperidine rings is 1. The molecule has 10 heteroatoms. The zero-order valence-electron chi connectivity index (χ0n) is 15.6. The van der Waals surface area contributed by atoms with Crippen molar-refractivity contribution in [2.24, 2.45) is 0 Å². The van der Waals surface area contributed by atoms with Crippen LogP contribution in [0.15, 0.2) is 42.5 Å². The molecule has 1 saturated heterocycles. The average Bonchev–Trinajstić information content (AvgIpc) is 2.69. The van der Waals surface area contributed by atoms with Crippen LogP contribution >= 0.6 is 11.6 Å². The minimum atomic E-state index is -4.62. The molecule has 6 nitrogen and oxygen atoms in total. The van der Waals surface area contributed by atoms with Crippen molar-refractivity contribution in [2.75, 3.05) is 18.4 Å². The molecule has 1 spiro atoms. The summed E-state index contributed by atoms with van der Waals surface area (Å²) in [5.74, 6) is 0.246. The first-order valence-electron chi connectivity index (χ1n) is 9.20. The van der Waals surface area contributed by atoms with Gasteiger partial charge in [0.2, 0.25) is 0 Å². The highest BCUT2D eigenvalue weighted by Gasteiger charge is 2.43. The molecule has 0 atom stereocenters. The maximum absolute atomic E-state index is 13.0. The van der Waals surface area contributed by atoms with E-state index in [4.69, 9.17) is 16.3 Å². The van der Waals surface area contributed by atoms with Gasteiger partial charge in [-0.15, -0.1) is 0 Å². The van der Waals surface area contributed by atoms with Crippen molar-refractivity contribution in [1.82, 2.24) is 10.2 Å². The van der Waals surface area contributed by atoms with Gasteiger partial charge in [0.25, 0.3) is 5.91 Å².